The summed E-state index contributed by atoms with van der Waals surface area (Å²) in [6.07, 6.45) is 1.77. The summed E-state index contributed by atoms with van der Waals surface area (Å²) in [7, 11) is 0. The fourth-order valence-electron chi connectivity index (χ4n) is 1.37. The van der Waals surface area contributed by atoms with Crippen LogP contribution in [0.4, 0.5) is 0 Å². The van der Waals surface area contributed by atoms with E-state index in [0.29, 0.717) is 0 Å². The summed E-state index contributed by atoms with van der Waals surface area (Å²) < 4.78 is 0. The number of aromatic nitrogens is 1. The number of aromatic carboxylic acids is 1. The number of aryl methyl sites for hydroxylation is 1. The van der Waals surface area contributed by atoms with Gasteiger partial charge in [0.25, 0.3) is 0 Å². The summed E-state index contributed by atoms with van der Waals surface area (Å²) >= 11 is 7.21. The molecule has 2 aromatic rings. The fourth-order valence-corrected chi connectivity index (χ4v) is 2.36. The number of pyridine rings is 1. The van der Waals surface area contributed by atoms with Crippen LogP contribution < -0.4 is 0 Å². The Hall–Kier alpha value is -1.52. The zero-order chi connectivity index (χ0) is 13.1. The summed E-state index contributed by atoms with van der Waals surface area (Å²) in [5, 5.41) is 10.0. The van der Waals surface area contributed by atoms with Gasteiger partial charge in [-0.1, -0.05) is 29.4 Å². The van der Waals surface area contributed by atoms with Crippen LogP contribution in [0.2, 0.25) is 5.02 Å². The van der Waals surface area contributed by atoms with E-state index in [1.54, 1.807) is 24.4 Å². The molecule has 0 amide bonds. The lowest BCUT2D eigenvalue weighted by atomic mass is 10.2. The minimum Gasteiger partial charge on any atom is -0.478 e. The van der Waals surface area contributed by atoms with Crippen molar-refractivity contribution in [3.8, 4) is 0 Å². The van der Waals surface area contributed by atoms with Crippen molar-refractivity contribution in [1.82, 2.24) is 4.98 Å². The van der Waals surface area contributed by atoms with Gasteiger partial charge >= 0.3 is 5.97 Å². The zero-order valence-electron chi connectivity index (χ0n) is 9.55. The van der Waals surface area contributed by atoms with E-state index in [-0.39, 0.29) is 10.6 Å². The molecule has 0 aliphatic carbocycles. The highest BCUT2D eigenvalue weighted by Crippen LogP contribution is 2.29. The molecule has 0 fully saturated rings. The number of halogens is 1. The number of nitrogens with zero attached hydrogens (tertiary/aromatic N) is 1. The van der Waals surface area contributed by atoms with Crippen LogP contribution in [0.15, 0.2) is 46.5 Å². The predicted octanol–water partition coefficient (Wildman–Crippen LogP) is 3.89. The van der Waals surface area contributed by atoms with Crippen LogP contribution in [0.25, 0.3) is 0 Å². The molecule has 92 valence electrons. The summed E-state index contributed by atoms with van der Waals surface area (Å²) in [6.45, 7) is 1.96. The van der Waals surface area contributed by atoms with Crippen molar-refractivity contribution in [3.63, 3.8) is 0 Å². The number of benzene rings is 1. The molecule has 1 aromatic heterocycles. The van der Waals surface area contributed by atoms with Crippen molar-refractivity contribution in [3.05, 3.63) is 52.7 Å². The van der Waals surface area contributed by atoms with Crippen LogP contribution in [-0.2, 0) is 0 Å². The Balaban J connectivity index is 2.27. The van der Waals surface area contributed by atoms with Crippen molar-refractivity contribution in [2.24, 2.45) is 0 Å². The molecule has 1 heterocycles. The third-order valence-electron chi connectivity index (χ3n) is 2.27. The quantitative estimate of drug-likeness (QED) is 0.926. The first kappa shape index (κ1) is 12.9. The molecule has 0 unspecified atom stereocenters. The Labute approximate surface area is 114 Å². The summed E-state index contributed by atoms with van der Waals surface area (Å²) in [5.41, 5.74) is 1.19. The van der Waals surface area contributed by atoms with Crippen LogP contribution in [0.1, 0.15) is 15.9 Å². The van der Waals surface area contributed by atoms with E-state index in [1.165, 1.54) is 11.8 Å². The van der Waals surface area contributed by atoms with Gasteiger partial charge in [0.05, 0.1) is 10.6 Å². The van der Waals surface area contributed by atoms with E-state index in [1.807, 2.05) is 19.1 Å². The van der Waals surface area contributed by atoms with Gasteiger partial charge in [0.15, 0.2) is 0 Å². The molecular weight excluding hydrogens is 270 g/mol. The molecular formula is C13H10ClNO2S. The molecule has 0 atom stereocenters. The van der Waals surface area contributed by atoms with Crippen LogP contribution in [-0.4, -0.2) is 16.1 Å². The average molecular weight is 280 g/mol. The smallest absolute Gasteiger partial charge is 0.337 e. The molecule has 5 heteroatoms. The number of carboxylic acids is 1. The minimum absolute atomic E-state index is 0.105. The highest BCUT2D eigenvalue weighted by atomic mass is 35.5. The van der Waals surface area contributed by atoms with Gasteiger partial charge < -0.3 is 5.11 Å². The van der Waals surface area contributed by atoms with Gasteiger partial charge in [0.2, 0.25) is 0 Å². The fraction of sp³-hybridized carbons (Fsp3) is 0.0769. The summed E-state index contributed by atoms with van der Waals surface area (Å²) in [5.74, 6) is -1.03. The number of carboxylic acid groups (broad SMARTS) is 1. The van der Waals surface area contributed by atoms with Crippen LogP contribution in [0.5, 0.6) is 0 Å². The van der Waals surface area contributed by atoms with E-state index in [9.17, 15) is 4.79 Å². The Morgan fingerprint density at radius 3 is 2.72 bits per heavy atom. The maximum absolute atomic E-state index is 11.0. The molecule has 0 saturated carbocycles. The Morgan fingerprint density at radius 2 is 2.11 bits per heavy atom. The Kier molecular flexibility index (Phi) is 3.89. The van der Waals surface area contributed by atoms with Crippen molar-refractivity contribution in [1.29, 1.82) is 0 Å². The molecule has 18 heavy (non-hydrogen) atoms. The second-order valence-electron chi connectivity index (χ2n) is 3.72. The van der Waals surface area contributed by atoms with Gasteiger partial charge in [-0.25, -0.2) is 9.78 Å². The minimum atomic E-state index is -1.03. The maximum Gasteiger partial charge on any atom is 0.337 e. The molecule has 0 bridgehead atoms. The Morgan fingerprint density at radius 1 is 1.33 bits per heavy atom. The van der Waals surface area contributed by atoms with Gasteiger partial charge in [-0.05, 0) is 36.8 Å². The monoisotopic (exact) mass is 279 g/mol. The highest BCUT2D eigenvalue weighted by Gasteiger charge is 2.10. The second-order valence-corrected chi connectivity index (χ2v) is 5.22. The van der Waals surface area contributed by atoms with Crippen LogP contribution >= 0.6 is 23.4 Å². The SMILES string of the molecule is Cc1ccc(Sc2ccc(Cl)c(C(=O)O)c2)nc1. The highest BCUT2D eigenvalue weighted by molar-refractivity contribution is 7.99. The van der Waals surface area contributed by atoms with Crippen molar-refractivity contribution < 1.29 is 9.90 Å². The lowest BCUT2D eigenvalue weighted by Gasteiger charge is -2.04. The summed E-state index contributed by atoms with van der Waals surface area (Å²) in [6, 6.07) is 8.78. The first-order chi connectivity index (χ1) is 8.56. The van der Waals surface area contributed by atoms with Gasteiger partial charge in [0, 0.05) is 11.1 Å². The number of carbonyl (C=O) groups is 1. The number of rotatable bonds is 3. The molecule has 0 spiro atoms. The number of hydrogen-bond donors (Lipinski definition) is 1. The molecule has 0 saturated heterocycles. The van der Waals surface area contributed by atoms with E-state index in [2.05, 4.69) is 4.98 Å². The van der Waals surface area contributed by atoms with Gasteiger partial charge in [-0.2, -0.15) is 0 Å². The standard InChI is InChI=1S/C13H10ClNO2S/c1-8-2-5-12(15-7-8)18-9-3-4-11(14)10(6-9)13(16)17/h2-7H,1H3,(H,16,17). The normalized spacial score (nSPS) is 10.3. The van der Waals surface area contributed by atoms with Crippen LogP contribution in [0.3, 0.4) is 0 Å². The maximum atomic E-state index is 11.0. The topological polar surface area (TPSA) is 50.2 Å². The van der Waals surface area contributed by atoms with E-state index in [0.717, 1.165) is 15.5 Å². The molecule has 0 aliphatic heterocycles. The second kappa shape index (κ2) is 5.42. The zero-order valence-corrected chi connectivity index (χ0v) is 11.1. The molecule has 3 nitrogen and oxygen atoms in total. The van der Waals surface area contributed by atoms with E-state index >= 15 is 0 Å². The first-order valence-electron chi connectivity index (χ1n) is 5.19. The third kappa shape index (κ3) is 3.03. The van der Waals surface area contributed by atoms with Gasteiger partial charge in [-0.3, -0.25) is 0 Å². The van der Waals surface area contributed by atoms with Gasteiger partial charge in [-0.15, -0.1) is 0 Å². The molecule has 0 aliphatic rings. The van der Waals surface area contributed by atoms with Crippen molar-refractivity contribution in [2.75, 3.05) is 0 Å². The van der Waals surface area contributed by atoms with E-state index < -0.39 is 5.97 Å². The van der Waals surface area contributed by atoms with Gasteiger partial charge in [0.1, 0.15) is 5.03 Å². The average Bonchev–Trinajstić information content (AvgIpc) is 2.34. The third-order valence-corrected chi connectivity index (χ3v) is 3.54. The van der Waals surface area contributed by atoms with Crippen molar-refractivity contribution >= 4 is 29.3 Å². The lowest BCUT2D eigenvalue weighted by molar-refractivity contribution is 0.0697. The first-order valence-corrected chi connectivity index (χ1v) is 6.39. The lowest BCUT2D eigenvalue weighted by Crippen LogP contribution is -1.97. The number of hydrogen-bond acceptors (Lipinski definition) is 3. The van der Waals surface area contributed by atoms with E-state index in [4.69, 9.17) is 16.7 Å². The summed E-state index contributed by atoms with van der Waals surface area (Å²) in [4.78, 5) is 16.0. The molecule has 0 radical (unpaired) electrons. The Bertz CT molecular complexity index is 584. The molecule has 2 rings (SSSR count). The predicted molar refractivity (Wildman–Crippen MR) is 71.5 cm³/mol. The van der Waals surface area contributed by atoms with Crippen LogP contribution in [0, 0.1) is 6.92 Å². The molecule has 1 N–H and O–H groups in total. The molecule has 1 aromatic carbocycles. The largest absolute Gasteiger partial charge is 0.478 e. The van der Waals surface area contributed by atoms with Crippen molar-refractivity contribution in [2.45, 2.75) is 16.8 Å².